The minimum Gasteiger partial charge on any atom is -0.493 e. The van der Waals surface area contributed by atoms with E-state index in [2.05, 4.69) is 0 Å². The Morgan fingerprint density at radius 3 is 2.71 bits per heavy atom. The van der Waals surface area contributed by atoms with E-state index in [1.165, 1.54) is 7.11 Å². The van der Waals surface area contributed by atoms with Crippen LogP contribution in [0.2, 0.25) is 0 Å². The molecule has 0 aromatic heterocycles. The van der Waals surface area contributed by atoms with Crippen molar-refractivity contribution in [2.24, 2.45) is 0 Å². The van der Waals surface area contributed by atoms with Crippen LogP contribution in [-0.4, -0.2) is 24.3 Å². The standard InChI is InChI=1S/C12H17NO4/c1-3-4-10(12(14)15)17-11-7-8(13)5-6-9(11)16-2/h5-7,10H,3-4,13H2,1-2H3,(H,14,15). The molecule has 0 bridgehead atoms. The number of hydrogen-bond acceptors (Lipinski definition) is 4. The van der Waals surface area contributed by atoms with Crippen molar-refractivity contribution in [3.63, 3.8) is 0 Å². The Bertz CT molecular complexity index is 392. The third-order valence-corrected chi connectivity index (χ3v) is 2.28. The van der Waals surface area contributed by atoms with E-state index in [4.69, 9.17) is 20.3 Å². The molecule has 0 aliphatic rings. The van der Waals surface area contributed by atoms with Crippen molar-refractivity contribution in [2.45, 2.75) is 25.9 Å². The van der Waals surface area contributed by atoms with Crippen LogP contribution in [0.1, 0.15) is 19.8 Å². The summed E-state index contributed by atoms with van der Waals surface area (Å²) in [5, 5.41) is 9.00. The van der Waals surface area contributed by atoms with Gasteiger partial charge in [-0.15, -0.1) is 0 Å². The molecule has 1 atom stereocenters. The molecule has 3 N–H and O–H groups in total. The van der Waals surface area contributed by atoms with E-state index in [0.717, 1.165) is 6.42 Å². The highest BCUT2D eigenvalue weighted by molar-refractivity contribution is 5.73. The van der Waals surface area contributed by atoms with Gasteiger partial charge in [0.15, 0.2) is 17.6 Å². The molecule has 94 valence electrons. The molecular formula is C12H17NO4. The lowest BCUT2D eigenvalue weighted by molar-refractivity contribution is -0.145. The highest BCUT2D eigenvalue weighted by atomic mass is 16.5. The lowest BCUT2D eigenvalue weighted by atomic mass is 10.2. The molecule has 0 aliphatic heterocycles. The third kappa shape index (κ3) is 3.55. The number of nitrogens with two attached hydrogens (primary N) is 1. The van der Waals surface area contributed by atoms with Gasteiger partial charge >= 0.3 is 5.97 Å². The second-order valence-corrected chi connectivity index (χ2v) is 3.64. The number of nitrogen functional groups attached to an aromatic ring is 1. The van der Waals surface area contributed by atoms with Crippen LogP contribution in [-0.2, 0) is 4.79 Å². The van der Waals surface area contributed by atoms with Crippen molar-refractivity contribution in [1.29, 1.82) is 0 Å². The van der Waals surface area contributed by atoms with Crippen molar-refractivity contribution < 1.29 is 19.4 Å². The average molecular weight is 239 g/mol. The van der Waals surface area contributed by atoms with Gasteiger partial charge in [0, 0.05) is 11.8 Å². The largest absolute Gasteiger partial charge is 0.493 e. The van der Waals surface area contributed by atoms with Crippen molar-refractivity contribution in [3.05, 3.63) is 18.2 Å². The maximum Gasteiger partial charge on any atom is 0.344 e. The van der Waals surface area contributed by atoms with Crippen LogP contribution in [0.5, 0.6) is 11.5 Å². The van der Waals surface area contributed by atoms with Gasteiger partial charge in [-0.3, -0.25) is 0 Å². The first-order chi connectivity index (χ1) is 8.08. The molecule has 0 radical (unpaired) electrons. The highest BCUT2D eigenvalue weighted by Gasteiger charge is 2.20. The zero-order valence-corrected chi connectivity index (χ0v) is 9.97. The monoisotopic (exact) mass is 239 g/mol. The summed E-state index contributed by atoms with van der Waals surface area (Å²) < 4.78 is 10.5. The molecule has 0 spiro atoms. The summed E-state index contributed by atoms with van der Waals surface area (Å²) in [6, 6.07) is 4.88. The molecule has 0 heterocycles. The predicted octanol–water partition coefficient (Wildman–Crippen LogP) is 1.91. The molecule has 0 saturated heterocycles. The summed E-state index contributed by atoms with van der Waals surface area (Å²) in [5.74, 6) is -0.161. The highest BCUT2D eigenvalue weighted by Crippen LogP contribution is 2.30. The van der Waals surface area contributed by atoms with E-state index in [1.807, 2.05) is 6.92 Å². The van der Waals surface area contributed by atoms with E-state index in [-0.39, 0.29) is 0 Å². The first kappa shape index (κ1) is 13.2. The lowest BCUT2D eigenvalue weighted by Gasteiger charge is -2.16. The van der Waals surface area contributed by atoms with Crippen LogP contribution in [0.3, 0.4) is 0 Å². The Labute approximate surface area is 100 Å². The minimum absolute atomic E-state index is 0.355. The van der Waals surface area contributed by atoms with Crippen LogP contribution in [0, 0.1) is 0 Å². The number of carbonyl (C=O) groups is 1. The predicted molar refractivity (Wildman–Crippen MR) is 64.4 cm³/mol. The number of benzene rings is 1. The zero-order chi connectivity index (χ0) is 12.8. The second kappa shape index (κ2) is 5.98. The van der Waals surface area contributed by atoms with Gasteiger partial charge in [0.25, 0.3) is 0 Å². The maximum absolute atomic E-state index is 11.0. The summed E-state index contributed by atoms with van der Waals surface area (Å²) in [4.78, 5) is 11.0. The molecule has 0 aliphatic carbocycles. The molecular weight excluding hydrogens is 222 g/mol. The Hall–Kier alpha value is -1.91. The summed E-state index contributed by atoms with van der Waals surface area (Å²) in [6.07, 6.45) is 0.283. The second-order valence-electron chi connectivity index (χ2n) is 3.64. The van der Waals surface area contributed by atoms with Crippen molar-refractivity contribution in [3.8, 4) is 11.5 Å². The van der Waals surface area contributed by atoms with Crippen LogP contribution in [0.25, 0.3) is 0 Å². The molecule has 1 aromatic rings. The van der Waals surface area contributed by atoms with E-state index in [1.54, 1.807) is 18.2 Å². The van der Waals surface area contributed by atoms with Gasteiger partial charge in [0.1, 0.15) is 0 Å². The quantitative estimate of drug-likeness (QED) is 0.741. The number of aliphatic carboxylic acids is 1. The Kier molecular flexibility index (Phi) is 4.63. The smallest absolute Gasteiger partial charge is 0.344 e. The minimum atomic E-state index is -0.990. The van der Waals surface area contributed by atoms with Crippen molar-refractivity contribution >= 4 is 11.7 Å². The van der Waals surface area contributed by atoms with Gasteiger partial charge in [0.2, 0.25) is 0 Å². The topological polar surface area (TPSA) is 81.8 Å². The molecule has 1 unspecified atom stereocenters. The molecule has 1 rings (SSSR count). The van der Waals surface area contributed by atoms with Crippen LogP contribution < -0.4 is 15.2 Å². The molecule has 0 amide bonds. The third-order valence-electron chi connectivity index (χ3n) is 2.28. The number of carboxylic acid groups (broad SMARTS) is 1. The first-order valence-corrected chi connectivity index (χ1v) is 5.41. The van der Waals surface area contributed by atoms with Crippen LogP contribution in [0.4, 0.5) is 5.69 Å². The summed E-state index contributed by atoms with van der Waals surface area (Å²) in [5.41, 5.74) is 6.13. The van der Waals surface area contributed by atoms with Crippen molar-refractivity contribution in [1.82, 2.24) is 0 Å². The van der Waals surface area contributed by atoms with E-state index >= 15 is 0 Å². The van der Waals surface area contributed by atoms with E-state index in [0.29, 0.717) is 23.6 Å². The molecule has 1 aromatic carbocycles. The maximum atomic E-state index is 11.0. The average Bonchev–Trinajstić information content (AvgIpc) is 2.28. The van der Waals surface area contributed by atoms with E-state index < -0.39 is 12.1 Å². The fourth-order valence-electron chi connectivity index (χ4n) is 1.43. The number of anilines is 1. The number of methoxy groups -OCH3 is 1. The van der Waals surface area contributed by atoms with Gasteiger partial charge in [0.05, 0.1) is 7.11 Å². The molecule has 5 heteroatoms. The van der Waals surface area contributed by atoms with Crippen molar-refractivity contribution in [2.75, 3.05) is 12.8 Å². The SMILES string of the molecule is CCCC(Oc1cc(N)ccc1OC)C(=O)O. The molecule has 0 fully saturated rings. The summed E-state index contributed by atoms with van der Waals surface area (Å²) >= 11 is 0. The zero-order valence-electron chi connectivity index (χ0n) is 9.97. The number of rotatable bonds is 6. The Balaban J connectivity index is 2.91. The summed E-state index contributed by atoms with van der Waals surface area (Å²) in [7, 11) is 1.49. The Morgan fingerprint density at radius 1 is 1.47 bits per heavy atom. The van der Waals surface area contributed by atoms with Gasteiger partial charge in [-0.25, -0.2) is 4.79 Å². The fourth-order valence-corrected chi connectivity index (χ4v) is 1.43. The lowest BCUT2D eigenvalue weighted by Crippen LogP contribution is -2.26. The summed E-state index contributed by atoms with van der Waals surface area (Å²) in [6.45, 7) is 1.90. The first-order valence-electron chi connectivity index (χ1n) is 5.41. The molecule has 5 nitrogen and oxygen atoms in total. The number of carboxylic acids is 1. The molecule has 0 saturated carbocycles. The molecule has 17 heavy (non-hydrogen) atoms. The van der Waals surface area contributed by atoms with E-state index in [9.17, 15) is 4.79 Å². The number of hydrogen-bond donors (Lipinski definition) is 2. The van der Waals surface area contributed by atoms with Gasteiger partial charge < -0.3 is 20.3 Å². The van der Waals surface area contributed by atoms with Crippen LogP contribution in [0.15, 0.2) is 18.2 Å². The number of ether oxygens (including phenoxy) is 2. The Morgan fingerprint density at radius 2 is 2.18 bits per heavy atom. The van der Waals surface area contributed by atoms with Crippen LogP contribution >= 0.6 is 0 Å². The van der Waals surface area contributed by atoms with Gasteiger partial charge in [-0.2, -0.15) is 0 Å². The normalized spacial score (nSPS) is 11.9. The van der Waals surface area contributed by atoms with Gasteiger partial charge in [-0.05, 0) is 18.6 Å². The van der Waals surface area contributed by atoms with Gasteiger partial charge in [-0.1, -0.05) is 13.3 Å². The fraction of sp³-hybridized carbons (Fsp3) is 0.417.